The molecule has 0 amide bonds. The van der Waals surface area contributed by atoms with Gasteiger partial charge in [0.1, 0.15) is 0 Å². The highest BCUT2D eigenvalue weighted by Gasteiger charge is 2.14. The van der Waals surface area contributed by atoms with Crippen molar-refractivity contribution in [1.82, 2.24) is 0 Å². The Balaban J connectivity index is 0.949. The Morgan fingerprint density at radius 1 is 0.321 bits per heavy atom. The molecule has 1 N–H and O–H groups in total. The van der Waals surface area contributed by atoms with Crippen molar-refractivity contribution in [3.05, 3.63) is 212 Å². The monoisotopic (exact) mass is 696 g/mol. The van der Waals surface area contributed by atoms with Gasteiger partial charge in [0.05, 0.1) is 0 Å². The molecule has 252 valence electrons. The molecule has 0 radical (unpaired) electrons. The minimum atomic E-state index is 1.06. The molecule has 8 aromatic carbocycles. The Morgan fingerprint density at radius 3 is 1.13 bits per heavy atom. The summed E-state index contributed by atoms with van der Waals surface area (Å²) in [6.45, 7) is 0. The van der Waals surface area contributed by atoms with Gasteiger partial charge in [0.2, 0.25) is 0 Å². The Kier molecular flexibility index (Phi) is 8.83. The summed E-state index contributed by atoms with van der Waals surface area (Å²) in [6, 6.07) is 73.6. The number of hydrogen-bond acceptors (Lipinski definition) is 3. The molecule has 0 spiro atoms. The quantitative estimate of drug-likeness (QED) is 0.162. The van der Waals surface area contributed by atoms with E-state index >= 15 is 0 Å². The lowest BCUT2D eigenvalue weighted by molar-refractivity contribution is 1.28. The van der Waals surface area contributed by atoms with Crippen molar-refractivity contribution in [2.24, 2.45) is 0 Å². The molecule has 3 heteroatoms. The summed E-state index contributed by atoms with van der Waals surface area (Å²) in [4.78, 5) is 2.33. The van der Waals surface area contributed by atoms with Gasteiger partial charge in [0.15, 0.2) is 0 Å². The van der Waals surface area contributed by atoms with Crippen LogP contribution in [0, 0.1) is 0 Å². The lowest BCUT2D eigenvalue weighted by Gasteiger charge is -2.26. The first-order chi connectivity index (χ1) is 26.2. The van der Waals surface area contributed by atoms with Gasteiger partial charge >= 0.3 is 0 Å². The van der Waals surface area contributed by atoms with E-state index in [0.717, 1.165) is 28.4 Å². The molecule has 2 nitrogen and oxygen atoms in total. The molecule has 0 aliphatic carbocycles. The maximum absolute atomic E-state index is 3.58. The van der Waals surface area contributed by atoms with Crippen LogP contribution in [-0.4, -0.2) is 0 Å². The first kappa shape index (κ1) is 32.2. The standard InChI is InChI=1S/C50H36N2S/c1-3-9-36(10-4-1)39-19-29-45(30-20-39)52(46-31-21-40(22-32-46)37-11-5-2-6-12-37)47-33-23-41(24-34-47)38-15-25-43(26-16-38)51-44-27-17-42(18-28-44)49-35-53-50-14-8-7-13-48(49)50/h1-35,51H. The zero-order valence-electron chi connectivity index (χ0n) is 29.1. The van der Waals surface area contributed by atoms with Gasteiger partial charge in [-0.05, 0) is 111 Å². The molecule has 9 rings (SSSR count). The van der Waals surface area contributed by atoms with E-state index in [2.05, 4.69) is 222 Å². The smallest absolute Gasteiger partial charge is 0.0462 e. The van der Waals surface area contributed by atoms with Gasteiger partial charge in [-0.25, -0.2) is 0 Å². The van der Waals surface area contributed by atoms with E-state index in [1.54, 1.807) is 11.3 Å². The molecule has 0 unspecified atom stereocenters. The topological polar surface area (TPSA) is 15.3 Å². The molecule has 1 aromatic heterocycles. The summed E-state index contributed by atoms with van der Waals surface area (Å²) in [5, 5.41) is 7.14. The predicted octanol–water partition coefficient (Wildman–Crippen LogP) is 14.8. The van der Waals surface area contributed by atoms with Crippen LogP contribution >= 0.6 is 11.3 Å². The van der Waals surface area contributed by atoms with Crippen LogP contribution in [0.1, 0.15) is 0 Å². The molecular formula is C50H36N2S. The Hall–Kier alpha value is -6.68. The molecule has 0 fully saturated rings. The van der Waals surface area contributed by atoms with E-state index in [9.17, 15) is 0 Å². The maximum Gasteiger partial charge on any atom is 0.0462 e. The number of hydrogen-bond donors (Lipinski definition) is 1. The van der Waals surface area contributed by atoms with Crippen LogP contribution < -0.4 is 10.2 Å². The second-order valence-corrected chi connectivity index (χ2v) is 14.0. The van der Waals surface area contributed by atoms with E-state index in [1.165, 1.54) is 54.6 Å². The van der Waals surface area contributed by atoms with Crippen molar-refractivity contribution in [3.63, 3.8) is 0 Å². The largest absolute Gasteiger partial charge is 0.356 e. The van der Waals surface area contributed by atoms with Crippen LogP contribution in [0.2, 0.25) is 0 Å². The summed E-state index contributed by atoms with van der Waals surface area (Å²) in [6.07, 6.45) is 0. The van der Waals surface area contributed by atoms with Crippen molar-refractivity contribution in [2.45, 2.75) is 0 Å². The van der Waals surface area contributed by atoms with Crippen LogP contribution in [0.4, 0.5) is 28.4 Å². The molecule has 0 aliphatic rings. The highest BCUT2D eigenvalue weighted by molar-refractivity contribution is 7.17. The molecule has 0 saturated heterocycles. The van der Waals surface area contributed by atoms with E-state index in [4.69, 9.17) is 0 Å². The van der Waals surface area contributed by atoms with E-state index < -0.39 is 0 Å². The number of rotatable bonds is 9. The van der Waals surface area contributed by atoms with Gasteiger partial charge in [-0.2, -0.15) is 0 Å². The average molecular weight is 697 g/mol. The van der Waals surface area contributed by atoms with Gasteiger partial charge in [0, 0.05) is 44.1 Å². The van der Waals surface area contributed by atoms with Crippen LogP contribution in [0.3, 0.4) is 0 Å². The van der Waals surface area contributed by atoms with Crippen molar-refractivity contribution < 1.29 is 0 Å². The van der Waals surface area contributed by atoms with Crippen molar-refractivity contribution in [2.75, 3.05) is 10.2 Å². The van der Waals surface area contributed by atoms with Crippen LogP contribution in [0.15, 0.2) is 212 Å². The second-order valence-electron chi connectivity index (χ2n) is 13.1. The van der Waals surface area contributed by atoms with Gasteiger partial charge in [0.25, 0.3) is 0 Å². The van der Waals surface area contributed by atoms with E-state index in [0.29, 0.717) is 0 Å². The zero-order chi connectivity index (χ0) is 35.4. The molecule has 9 aromatic rings. The Labute approximate surface area is 314 Å². The van der Waals surface area contributed by atoms with Crippen LogP contribution in [0.25, 0.3) is 54.6 Å². The third-order valence-electron chi connectivity index (χ3n) is 9.77. The maximum atomic E-state index is 3.58. The van der Waals surface area contributed by atoms with Gasteiger partial charge in [-0.3, -0.25) is 0 Å². The molecule has 1 heterocycles. The molecule has 0 atom stereocenters. The van der Waals surface area contributed by atoms with Crippen molar-refractivity contribution in [3.8, 4) is 44.5 Å². The predicted molar refractivity (Wildman–Crippen MR) is 228 cm³/mol. The fourth-order valence-electron chi connectivity index (χ4n) is 6.96. The van der Waals surface area contributed by atoms with Gasteiger partial charge in [-0.15, -0.1) is 11.3 Å². The first-order valence-electron chi connectivity index (χ1n) is 17.9. The van der Waals surface area contributed by atoms with Gasteiger partial charge in [-0.1, -0.05) is 140 Å². The molecule has 0 saturated carbocycles. The number of nitrogens with zero attached hydrogens (tertiary/aromatic N) is 1. The SMILES string of the molecule is c1ccc(-c2ccc(N(c3ccc(-c4ccccc4)cc3)c3ccc(-c4ccc(Nc5ccc(-c6csc7ccccc67)cc5)cc4)cc3)cc2)cc1. The molecule has 0 bridgehead atoms. The minimum absolute atomic E-state index is 1.06. The number of anilines is 5. The Morgan fingerprint density at radius 2 is 0.679 bits per heavy atom. The van der Waals surface area contributed by atoms with Crippen LogP contribution in [0.5, 0.6) is 0 Å². The number of fused-ring (bicyclic) bond motifs is 1. The highest BCUT2D eigenvalue weighted by atomic mass is 32.1. The number of benzene rings is 8. The fraction of sp³-hybridized carbons (Fsp3) is 0. The third kappa shape index (κ3) is 6.86. The fourth-order valence-corrected chi connectivity index (χ4v) is 7.93. The molecule has 53 heavy (non-hydrogen) atoms. The van der Waals surface area contributed by atoms with Gasteiger partial charge < -0.3 is 10.2 Å². The van der Waals surface area contributed by atoms with E-state index in [-0.39, 0.29) is 0 Å². The average Bonchev–Trinajstić information content (AvgIpc) is 3.67. The first-order valence-corrected chi connectivity index (χ1v) is 18.8. The highest BCUT2D eigenvalue weighted by Crippen LogP contribution is 2.38. The zero-order valence-corrected chi connectivity index (χ0v) is 29.9. The lowest BCUT2D eigenvalue weighted by atomic mass is 10.0. The van der Waals surface area contributed by atoms with Crippen LogP contribution in [-0.2, 0) is 0 Å². The minimum Gasteiger partial charge on any atom is -0.356 e. The lowest BCUT2D eigenvalue weighted by Crippen LogP contribution is -2.09. The summed E-state index contributed by atoms with van der Waals surface area (Å²) < 4.78 is 1.32. The Bertz CT molecular complexity index is 2490. The summed E-state index contributed by atoms with van der Waals surface area (Å²) in [7, 11) is 0. The molecular weight excluding hydrogens is 661 g/mol. The normalized spacial score (nSPS) is 11.0. The third-order valence-corrected chi connectivity index (χ3v) is 10.7. The summed E-state index contributed by atoms with van der Waals surface area (Å²) in [5.74, 6) is 0. The second kappa shape index (κ2) is 14.5. The summed E-state index contributed by atoms with van der Waals surface area (Å²) in [5.41, 5.74) is 15.1. The summed E-state index contributed by atoms with van der Waals surface area (Å²) >= 11 is 1.80. The number of nitrogens with one attached hydrogen (secondary N) is 1. The van der Waals surface area contributed by atoms with Crippen molar-refractivity contribution in [1.29, 1.82) is 0 Å². The number of thiophene rings is 1. The molecule has 0 aliphatic heterocycles. The van der Waals surface area contributed by atoms with Crippen molar-refractivity contribution >= 4 is 49.9 Å². The van der Waals surface area contributed by atoms with E-state index in [1.807, 2.05) is 0 Å².